The van der Waals surface area contributed by atoms with E-state index in [0.717, 1.165) is 6.04 Å². The topological polar surface area (TPSA) is 6.48 Å². The van der Waals surface area contributed by atoms with E-state index in [2.05, 4.69) is 30.6 Å². The first-order valence-corrected chi connectivity index (χ1v) is 4.74. The van der Waals surface area contributed by atoms with Crippen LogP contribution in [0.5, 0.6) is 0 Å². The van der Waals surface area contributed by atoms with Gasteiger partial charge in [0, 0.05) is 25.7 Å². The number of hydrogen-bond donors (Lipinski definition) is 0. The van der Waals surface area contributed by atoms with Gasteiger partial charge in [-0.05, 0) is 20.0 Å². The van der Waals surface area contributed by atoms with Gasteiger partial charge in [0.05, 0.1) is 0 Å². The zero-order valence-electron chi connectivity index (χ0n) is 8.01. The van der Waals surface area contributed by atoms with Crippen LogP contribution >= 0.6 is 0 Å². The van der Waals surface area contributed by atoms with Crippen molar-refractivity contribution in [2.45, 2.75) is 26.8 Å². The third-order valence-electron chi connectivity index (χ3n) is 2.70. The highest BCUT2D eigenvalue weighted by Crippen LogP contribution is 2.07. The van der Waals surface area contributed by atoms with Gasteiger partial charge < -0.3 is 4.90 Å². The fourth-order valence-electron chi connectivity index (χ4n) is 1.83. The second kappa shape index (κ2) is 4.07. The molecule has 0 amide bonds. The van der Waals surface area contributed by atoms with E-state index in [1.54, 1.807) is 0 Å². The van der Waals surface area contributed by atoms with Crippen LogP contribution < -0.4 is 0 Å². The van der Waals surface area contributed by atoms with Crippen LogP contribution in [0.2, 0.25) is 0 Å². The normalized spacial score (nSPS) is 29.2. The van der Waals surface area contributed by atoms with Crippen LogP contribution in [0.3, 0.4) is 0 Å². The zero-order valence-corrected chi connectivity index (χ0v) is 8.01. The molecule has 2 nitrogen and oxygen atoms in total. The molecule has 1 heterocycles. The molecule has 0 saturated carbocycles. The molecule has 0 radical (unpaired) electrons. The predicted molar refractivity (Wildman–Crippen MR) is 48.8 cm³/mol. The van der Waals surface area contributed by atoms with Crippen LogP contribution in [-0.4, -0.2) is 48.6 Å². The summed E-state index contributed by atoms with van der Waals surface area (Å²) in [7, 11) is 0. The van der Waals surface area contributed by atoms with Gasteiger partial charge in [-0.2, -0.15) is 0 Å². The molecule has 1 atom stereocenters. The molecule has 0 aromatic rings. The van der Waals surface area contributed by atoms with Crippen molar-refractivity contribution in [2.75, 3.05) is 32.7 Å². The van der Waals surface area contributed by atoms with Gasteiger partial charge in [0.1, 0.15) is 0 Å². The smallest absolute Gasteiger partial charge is 0.0195 e. The highest BCUT2D eigenvalue weighted by Gasteiger charge is 2.20. The van der Waals surface area contributed by atoms with E-state index in [1.165, 1.54) is 32.7 Å². The lowest BCUT2D eigenvalue weighted by Crippen LogP contribution is -2.51. The summed E-state index contributed by atoms with van der Waals surface area (Å²) in [4.78, 5) is 5.07. The summed E-state index contributed by atoms with van der Waals surface area (Å²) in [5.41, 5.74) is 0. The SMILES string of the molecule is CCN1CCN(CC)C(C)C1. The van der Waals surface area contributed by atoms with Crippen molar-refractivity contribution >= 4 is 0 Å². The summed E-state index contributed by atoms with van der Waals surface area (Å²) in [6.07, 6.45) is 0. The fraction of sp³-hybridized carbons (Fsp3) is 1.00. The summed E-state index contributed by atoms with van der Waals surface area (Å²) in [5.74, 6) is 0. The molecule has 0 aromatic heterocycles. The van der Waals surface area contributed by atoms with E-state index < -0.39 is 0 Å². The molecule has 0 bridgehead atoms. The van der Waals surface area contributed by atoms with Crippen molar-refractivity contribution in [1.82, 2.24) is 9.80 Å². The molecule has 1 rings (SSSR count). The van der Waals surface area contributed by atoms with Crippen molar-refractivity contribution < 1.29 is 0 Å². The monoisotopic (exact) mass is 156 g/mol. The first-order valence-electron chi connectivity index (χ1n) is 4.74. The predicted octanol–water partition coefficient (Wildman–Crippen LogP) is 1.03. The summed E-state index contributed by atoms with van der Waals surface area (Å²) in [6, 6.07) is 0.758. The molecule has 0 aromatic carbocycles. The number of nitrogens with zero attached hydrogens (tertiary/aromatic N) is 2. The Hall–Kier alpha value is -0.0800. The Morgan fingerprint density at radius 2 is 1.91 bits per heavy atom. The Bertz CT molecular complexity index is 114. The number of hydrogen-bond acceptors (Lipinski definition) is 2. The molecular weight excluding hydrogens is 136 g/mol. The van der Waals surface area contributed by atoms with E-state index in [4.69, 9.17) is 0 Å². The molecule has 0 spiro atoms. The van der Waals surface area contributed by atoms with Crippen LogP contribution in [0, 0.1) is 0 Å². The molecule has 0 N–H and O–H groups in total. The van der Waals surface area contributed by atoms with Gasteiger partial charge in [-0.1, -0.05) is 13.8 Å². The lowest BCUT2D eigenvalue weighted by molar-refractivity contribution is 0.0919. The van der Waals surface area contributed by atoms with Crippen LogP contribution in [0.4, 0.5) is 0 Å². The summed E-state index contributed by atoms with van der Waals surface area (Å²) >= 11 is 0. The average molecular weight is 156 g/mol. The molecule has 1 unspecified atom stereocenters. The standard InChI is InChI=1S/C9H20N2/c1-4-10-6-7-11(5-2)9(3)8-10/h9H,4-8H2,1-3H3. The van der Waals surface area contributed by atoms with Gasteiger partial charge in [-0.15, -0.1) is 0 Å². The lowest BCUT2D eigenvalue weighted by Gasteiger charge is -2.38. The molecule has 2 heteroatoms. The maximum atomic E-state index is 2.55. The molecular formula is C9H20N2. The van der Waals surface area contributed by atoms with E-state index in [-0.39, 0.29) is 0 Å². The van der Waals surface area contributed by atoms with E-state index >= 15 is 0 Å². The molecule has 1 aliphatic rings. The largest absolute Gasteiger partial charge is 0.301 e. The van der Waals surface area contributed by atoms with E-state index in [9.17, 15) is 0 Å². The minimum atomic E-state index is 0.758. The van der Waals surface area contributed by atoms with Gasteiger partial charge in [0.15, 0.2) is 0 Å². The molecule has 66 valence electrons. The summed E-state index contributed by atoms with van der Waals surface area (Å²) in [5, 5.41) is 0. The van der Waals surface area contributed by atoms with Crippen LogP contribution in [-0.2, 0) is 0 Å². The van der Waals surface area contributed by atoms with Crippen molar-refractivity contribution in [2.24, 2.45) is 0 Å². The van der Waals surface area contributed by atoms with E-state index in [0.29, 0.717) is 0 Å². The Morgan fingerprint density at radius 3 is 2.36 bits per heavy atom. The van der Waals surface area contributed by atoms with Crippen molar-refractivity contribution in [1.29, 1.82) is 0 Å². The fourth-order valence-corrected chi connectivity index (χ4v) is 1.83. The average Bonchev–Trinajstić information content (AvgIpc) is 2.04. The van der Waals surface area contributed by atoms with E-state index in [1.807, 2.05) is 0 Å². The summed E-state index contributed by atoms with van der Waals surface area (Å²) < 4.78 is 0. The maximum Gasteiger partial charge on any atom is 0.0195 e. The second-order valence-corrected chi connectivity index (χ2v) is 3.37. The summed E-state index contributed by atoms with van der Waals surface area (Å²) in [6.45, 7) is 13.0. The molecule has 0 aliphatic carbocycles. The van der Waals surface area contributed by atoms with Gasteiger partial charge in [-0.3, -0.25) is 4.90 Å². The first-order chi connectivity index (χ1) is 5.27. The minimum absolute atomic E-state index is 0.758. The van der Waals surface area contributed by atoms with Crippen LogP contribution in [0.1, 0.15) is 20.8 Å². The van der Waals surface area contributed by atoms with Gasteiger partial charge in [0.2, 0.25) is 0 Å². The first kappa shape index (κ1) is 9.01. The Labute approximate surface area is 70.2 Å². The highest BCUT2D eigenvalue weighted by atomic mass is 15.3. The zero-order chi connectivity index (χ0) is 8.27. The van der Waals surface area contributed by atoms with Gasteiger partial charge >= 0.3 is 0 Å². The van der Waals surface area contributed by atoms with Crippen molar-refractivity contribution in [3.63, 3.8) is 0 Å². The van der Waals surface area contributed by atoms with Crippen LogP contribution in [0.15, 0.2) is 0 Å². The Balaban J connectivity index is 2.34. The molecule has 1 fully saturated rings. The second-order valence-electron chi connectivity index (χ2n) is 3.37. The third-order valence-corrected chi connectivity index (χ3v) is 2.70. The Kier molecular flexibility index (Phi) is 3.34. The third kappa shape index (κ3) is 2.17. The molecule has 1 aliphatic heterocycles. The minimum Gasteiger partial charge on any atom is -0.301 e. The maximum absolute atomic E-state index is 2.55. The molecule has 1 saturated heterocycles. The van der Waals surface area contributed by atoms with Crippen molar-refractivity contribution in [3.05, 3.63) is 0 Å². The Morgan fingerprint density at radius 1 is 1.18 bits per heavy atom. The number of piperazine rings is 1. The number of rotatable bonds is 2. The van der Waals surface area contributed by atoms with Crippen LogP contribution in [0.25, 0.3) is 0 Å². The highest BCUT2D eigenvalue weighted by molar-refractivity contribution is 4.77. The number of likely N-dealkylation sites (N-methyl/N-ethyl adjacent to an activating group) is 2. The van der Waals surface area contributed by atoms with Gasteiger partial charge in [0.25, 0.3) is 0 Å². The van der Waals surface area contributed by atoms with Crippen molar-refractivity contribution in [3.8, 4) is 0 Å². The van der Waals surface area contributed by atoms with Gasteiger partial charge in [-0.25, -0.2) is 0 Å². The lowest BCUT2D eigenvalue weighted by atomic mass is 10.2. The molecule has 11 heavy (non-hydrogen) atoms. The quantitative estimate of drug-likeness (QED) is 0.589.